The third-order valence-corrected chi connectivity index (χ3v) is 4.06. The lowest BCUT2D eigenvalue weighted by Crippen LogP contribution is -2.34. The number of carboxylic acid groups (broad SMARTS) is 1. The van der Waals surface area contributed by atoms with Crippen LogP contribution in [0.25, 0.3) is 0 Å². The molecule has 0 radical (unpaired) electrons. The molecule has 20 heavy (non-hydrogen) atoms. The number of anilines is 1. The molecule has 0 bridgehead atoms. The van der Waals surface area contributed by atoms with Gasteiger partial charge in [-0.1, -0.05) is 37.0 Å². The van der Waals surface area contributed by atoms with Crippen LogP contribution in [0.3, 0.4) is 0 Å². The van der Waals surface area contributed by atoms with E-state index in [-0.39, 0.29) is 12.3 Å². The molecule has 1 aromatic carbocycles. The predicted octanol–water partition coefficient (Wildman–Crippen LogP) is 4.21. The lowest BCUT2D eigenvalue weighted by Gasteiger charge is -2.25. The van der Waals surface area contributed by atoms with E-state index >= 15 is 0 Å². The Labute approximate surface area is 128 Å². The topological polar surface area (TPSA) is 66.4 Å². The molecule has 0 aliphatic carbocycles. The summed E-state index contributed by atoms with van der Waals surface area (Å²) in [5, 5.41) is 12.7. The zero-order valence-electron chi connectivity index (χ0n) is 11.4. The van der Waals surface area contributed by atoms with Crippen LogP contribution >= 0.6 is 23.2 Å². The van der Waals surface area contributed by atoms with Crippen molar-refractivity contribution in [1.82, 2.24) is 0 Å². The van der Waals surface area contributed by atoms with Gasteiger partial charge in [0.05, 0.1) is 16.1 Å². The highest BCUT2D eigenvalue weighted by atomic mass is 35.5. The van der Waals surface area contributed by atoms with Crippen LogP contribution in [-0.2, 0) is 9.59 Å². The highest BCUT2D eigenvalue weighted by molar-refractivity contribution is 6.36. The van der Waals surface area contributed by atoms with E-state index < -0.39 is 11.4 Å². The third kappa shape index (κ3) is 3.87. The highest BCUT2D eigenvalue weighted by Gasteiger charge is 2.37. The minimum atomic E-state index is -1.04. The minimum absolute atomic E-state index is 0.0890. The Hall–Kier alpha value is -1.26. The average molecular weight is 318 g/mol. The molecule has 0 aromatic heterocycles. The number of rotatable bonds is 6. The van der Waals surface area contributed by atoms with Gasteiger partial charge in [0, 0.05) is 11.4 Å². The molecule has 2 N–H and O–H groups in total. The number of amides is 1. The number of nitrogens with one attached hydrogen (secondary N) is 1. The molecule has 0 heterocycles. The summed E-state index contributed by atoms with van der Waals surface area (Å²) in [5.41, 5.74) is -0.615. The number of hydrogen-bond acceptors (Lipinski definition) is 2. The molecule has 0 saturated heterocycles. The van der Waals surface area contributed by atoms with E-state index in [1.165, 1.54) is 6.07 Å². The van der Waals surface area contributed by atoms with Gasteiger partial charge in [-0.3, -0.25) is 9.59 Å². The van der Waals surface area contributed by atoms with Crippen LogP contribution in [0.5, 0.6) is 0 Å². The van der Waals surface area contributed by atoms with Crippen LogP contribution < -0.4 is 5.32 Å². The number of carbonyl (C=O) groups is 2. The van der Waals surface area contributed by atoms with Crippen molar-refractivity contribution in [3.05, 3.63) is 28.2 Å². The first-order valence-corrected chi connectivity index (χ1v) is 7.08. The molecule has 6 heteroatoms. The summed E-state index contributed by atoms with van der Waals surface area (Å²) >= 11 is 11.7. The molecule has 110 valence electrons. The quantitative estimate of drug-likeness (QED) is 0.825. The number of halogens is 2. The average Bonchev–Trinajstić information content (AvgIpc) is 2.39. The van der Waals surface area contributed by atoms with E-state index in [4.69, 9.17) is 23.2 Å². The maximum Gasteiger partial charge on any atom is 0.310 e. The fraction of sp³-hybridized carbons (Fsp3) is 0.429. The molecule has 0 unspecified atom stereocenters. The summed E-state index contributed by atoms with van der Waals surface area (Å²) in [7, 11) is 0. The largest absolute Gasteiger partial charge is 0.481 e. The van der Waals surface area contributed by atoms with E-state index in [0.717, 1.165) is 0 Å². The van der Waals surface area contributed by atoms with Crippen LogP contribution in [0, 0.1) is 5.41 Å². The maximum absolute atomic E-state index is 12.0. The van der Waals surface area contributed by atoms with E-state index in [1.807, 2.05) is 0 Å². The van der Waals surface area contributed by atoms with Crippen molar-refractivity contribution in [2.24, 2.45) is 5.41 Å². The molecule has 1 amide bonds. The summed E-state index contributed by atoms with van der Waals surface area (Å²) in [4.78, 5) is 23.4. The normalized spacial score (nSPS) is 11.2. The van der Waals surface area contributed by atoms with Gasteiger partial charge in [-0.15, -0.1) is 0 Å². The van der Waals surface area contributed by atoms with Gasteiger partial charge in [-0.05, 0) is 31.0 Å². The Kier molecular flexibility index (Phi) is 5.84. The van der Waals surface area contributed by atoms with Crippen molar-refractivity contribution in [2.75, 3.05) is 5.32 Å². The maximum atomic E-state index is 12.0. The van der Waals surface area contributed by atoms with Crippen molar-refractivity contribution in [1.29, 1.82) is 0 Å². The first kappa shape index (κ1) is 16.8. The monoisotopic (exact) mass is 317 g/mol. The number of hydrogen-bond donors (Lipinski definition) is 2. The smallest absolute Gasteiger partial charge is 0.310 e. The molecule has 0 aliphatic heterocycles. The van der Waals surface area contributed by atoms with E-state index in [0.29, 0.717) is 28.6 Å². The zero-order valence-corrected chi connectivity index (χ0v) is 12.9. The lowest BCUT2D eigenvalue weighted by atomic mass is 9.79. The van der Waals surface area contributed by atoms with Crippen molar-refractivity contribution in [3.8, 4) is 0 Å². The Bertz CT molecular complexity index is 513. The molecule has 4 nitrogen and oxygen atoms in total. The van der Waals surface area contributed by atoms with Gasteiger partial charge in [-0.2, -0.15) is 0 Å². The molecule has 0 atom stereocenters. The van der Waals surface area contributed by atoms with Crippen LogP contribution in [0.2, 0.25) is 10.0 Å². The van der Waals surface area contributed by atoms with Crippen molar-refractivity contribution in [3.63, 3.8) is 0 Å². The molecule has 0 aliphatic rings. The van der Waals surface area contributed by atoms with Crippen molar-refractivity contribution < 1.29 is 14.7 Å². The molecule has 0 spiro atoms. The van der Waals surface area contributed by atoms with Gasteiger partial charge in [-0.25, -0.2) is 0 Å². The van der Waals surface area contributed by atoms with Crippen molar-refractivity contribution >= 4 is 40.8 Å². The SMILES string of the molecule is CCC(CC)(CC(=O)Nc1ccc(Cl)cc1Cl)C(=O)O. The number of aliphatic carboxylic acids is 1. The third-order valence-electron chi connectivity index (χ3n) is 3.51. The Balaban J connectivity index is 2.83. The lowest BCUT2D eigenvalue weighted by molar-refractivity contribution is -0.151. The second-order valence-corrected chi connectivity index (χ2v) is 5.49. The summed E-state index contributed by atoms with van der Waals surface area (Å²) in [6.07, 6.45) is 0.690. The fourth-order valence-electron chi connectivity index (χ4n) is 1.97. The fourth-order valence-corrected chi connectivity index (χ4v) is 2.43. The van der Waals surface area contributed by atoms with Gasteiger partial charge in [0.25, 0.3) is 0 Å². The second kappa shape index (κ2) is 6.95. The standard InChI is InChI=1S/C14H17Cl2NO3/c1-3-14(4-2,13(19)20)8-12(18)17-11-6-5-9(15)7-10(11)16/h5-7H,3-4,8H2,1-2H3,(H,17,18)(H,19,20). The van der Waals surface area contributed by atoms with Gasteiger partial charge in [0.15, 0.2) is 0 Å². The zero-order chi connectivity index (χ0) is 15.3. The van der Waals surface area contributed by atoms with Crippen LogP contribution in [0.4, 0.5) is 5.69 Å². The number of benzene rings is 1. The second-order valence-electron chi connectivity index (χ2n) is 4.64. The van der Waals surface area contributed by atoms with Crippen LogP contribution in [-0.4, -0.2) is 17.0 Å². The molecule has 0 fully saturated rings. The van der Waals surface area contributed by atoms with E-state index in [9.17, 15) is 14.7 Å². The summed E-state index contributed by atoms with van der Waals surface area (Å²) in [6, 6.07) is 4.71. The molecular weight excluding hydrogens is 301 g/mol. The molecular formula is C14H17Cl2NO3. The molecule has 0 saturated carbocycles. The molecule has 1 aromatic rings. The van der Waals surface area contributed by atoms with Gasteiger partial charge >= 0.3 is 5.97 Å². The summed E-state index contributed by atoms with van der Waals surface area (Å²) in [6.45, 7) is 3.53. The van der Waals surface area contributed by atoms with E-state index in [2.05, 4.69) is 5.32 Å². The van der Waals surface area contributed by atoms with E-state index in [1.54, 1.807) is 26.0 Å². The summed E-state index contributed by atoms with van der Waals surface area (Å²) < 4.78 is 0. The number of carbonyl (C=O) groups excluding carboxylic acids is 1. The first-order chi connectivity index (χ1) is 9.34. The predicted molar refractivity (Wildman–Crippen MR) is 80.4 cm³/mol. The van der Waals surface area contributed by atoms with Crippen LogP contribution in [0.1, 0.15) is 33.1 Å². The Morgan fingerprint density at radius 2 is 1.85 bits per heavy atom. The van der Waals surface area contributed by atoms with Crippen molar-refractivity contribution in [2.45, 2.75) is 33.1 Å². The number of carboxylic acids is 1. The highest BCUT2D eigenvalue weighted by Crippen LogP contribution is 2.32. The van der Waals surface area contributed by atoms with Gasteiger partial charge < -0.3 is 10.4 Å². The molecule has 1 rings (SSSR count). The Morgan fingerprint density at radius 3 is 2.30 bits per heavy atom. The Morgan fingerprint density at radius 1 is 1.25 bits per heavy atom. The van der Waals surface area contributed by atoms with Gasteiger partial charge in [0.2, 0.25) is 5.91 Å². The summed E-state index contributed by atoms with van der Waals surface area (Å²) in [5.74, 6) is -1.33. The van der Waals surface area contributed by atoms with Crippen LogP contribution in [0.15, 0.2) is 18.2 Å². The first-order valence-electron chi connectivity index (χ1n) is 6.33. The van der Waals surface area contributed by atoms with Gasteiger partial charge in [0.1, 0.15) is 0 Å². The minimum Gasteiger partial charge on any atom is -0.481 e.